The Bertz CT molecular complexity index is 1400. The lowest BCUT2D eigenvalue weighted by Crippen LogP contribution is -2.48. The van der Waals surface area contributed by atoms with Crippen LogP contribution in [0.25, 0.3) is 10.2 Å². The molecule has 2 aromatic heterocycles. The van der Waals surface area contributed by atoms with E-state index in [4.69, 9.17) is 22.3 Å². The van der Waals surface area contributed by atoms with Gasteiger partial charge in [0.05, 0.1) is 5.69 Å². The van der Waals surface area contributed by atoms with Gasteiger partial charge in [0.25, 0.3) is 5.91 Å². The number of thiophene rings is 1. The third-order valence-electron chi connectivity index (χ3n) is 7.29. The first-order valence-corrected chi connectivity index (χ1v) is 13.3. The number of pyridine rings is 1. The topological polar surface area (TPSA) is 62.5 Å². The van der Waals surface area contributed by atoms with Gasteiger partial charge in [-0.2, -0.15) is 0 Å². The number of piperazine rings is 1. The molecule has 0 saturated carbocycles. The fourth-order valence-corrected chi connectivity index (χ4v) is 6.59. The Kier molecular flexibility index (Phi) is 5.86. The lowest BCUT2D eigenvalue weighted by atomic mass is 9.82. The van der Waals surface area contributed by atoms with Crippen LogP contribution in [0.3, 0.4) is 0 Å². The molecule has 0 bridgehead atoms. The summed E-state index contributed by atoms with van der Waals surface area (Å²) in [5, 5.41) is 1.65. The number of rotatable bonds is 3. The molecule has 1 unspecified atom stereocenters. The number of carbonyl (C=O) groups is 1. The van der Waals surface area contributed by atoms with E-state index in [0.717, 1.165) is 59.0 Å². The van der Waals surface area contributed by atoms with Gasteiger partial charge in [-0.3, -0.25) is 4.79 Å². The zero-order chi connectivity index (χ0) is 23.9. The Morgan fingerprint density at radius 2 is 1.83 bits per heavy atom. The molecule has 4 aromatic rings. The van der Waals surface area contributed by atoms with E-state index in [9.17, 15) is 4.79 Å². The summed E-state index contributed by atoms with van der Waals surface area (Å²) in [6.45, 7) is 2.85. The second-order valence-electron chi connectivity index (χ2n) is 9.40. The highest BCUT2D eigenvalue weighted by Gasteiger charge is 2.28. The number of benzene rings is 2. The molecule has 2 N–H and O–H groups in total. The van der Waals surface area contributed by atoms with E-state index < -0.39 is 0 Å². The quantitative estimate of drug-likeness (QED) is 0.386. The molecule has 3 heterocycles. The zero-order valence-electron chi connectivity index (χ0n) is 19.4. The van der Waals surface area contributed by atoms with Gasteiger partial charge in [-0.1, -0.05) is 48.0 Å². The number of hydrogen-bond acceptors (Lipinski definition) is 5. The Hall–Kier alpha value is -3.09. The van der Waals surface area contributed by atoms with Crippen molar-refractivity contribution in [3.8, 4) is 0 Å². The highest BCUT2D eigenvalue weighted by Crippen LogP contribution is 2.39. The minimum absolute atomic E-state index is 0.0105. The average molecular weight is 503 g/mol. The summed E-state index contributed by atoms with van der Waals surface area (Å²) >= 11 is 7.59. The largest absolute Gasteiger partial charge is 0.397 e. The van der Waals surface area contributed by atoms with E-state index in [0.29, 0.717) is 29.6 Å². The van der Waals surface area contributed by atoms with Crippen molar-refractivity contribution in [2.75, 3.05) is 36.8 Å². The van der Waals surface area contributed by atoms with Crippen LogP contribution in [0.4, 0.5) is 11.4 Å². The molecule has 1 saturated heterocycles. The number of halogens is 1. The number of carbonyl (C=O) groups excluding carboxylic acids is 1. The summed E-state index contributed by atoms with van der Waals surface area (Å²) in [5.41, 5.74) is 12.0. The van der Waals surface area contributed by atoms with E-state index >= 15 is 0 Å². The second-order valence-corrected chi connectivity index (χ2v) is 10.8. The second kappa shape index (κ2) is 9.17. The standard InChI is InChI=1S/C28H27ClN4OS/c29-21-7-4-8-22(17-21)32-11-13-33(14-12-32)28(34)26-25(30)23-16-20-15-19(18-5-2-1-3-6-18)9-10-24(20)31-27(23)35-26/h1-8,16-17,19H,9-15,30H2. The van der Waals surface area contributed by atoms with E-state index in [1.807, 2.05) is 23.1 Å². The summed E-state index contributed by atoms with van der Waals surface area (Å²) in [7, 11) is 0. The van der Waals surface area contributed by atoms with Crippen molar-refractivity contribution in [1.29, 1.82) is 0 Å². The van der Waals surface area contributed by atoms with Gasteiger partial charge in [0.15, 0.2) is 0 Å². The Morgan fingerprint density at radius 1 is 1.03 bits per heavy atom. The predicted octanol–water partition coefficient (Wildman–Crippen LogP) is 5.77. The molecule has 0 spiro atoms. The molecule has 5 nitrogen and oxygen atoms in total. The maximum absolute atomic E-state index is 13.4. The number of nitrogen functional groups attached to an aromatic ring is 1. The van der Waals surface area contributed by atoms with Gasteiger partial charge in [-0.05, 0) is 60.6 Å². The van der Waals surface area contributed by atoms with E-state index in [1.165, 1.54) is 22.5 Å². The third-order valence-corrected chi connectivity index (χ3v) is 8.63. The van der Waals surface area contributed by atoms with Gasteiger partial charge >= 0.3 is 0 Å². The van der Waals surface area contributed by atoms with E-state index in [2.05, 4.69) is 47.4 Å². The maximum Gasteiger partial charge on any atom is 0.266 e. The molecular formula is C28H27ClN4OS. The van der Waals surface area contributed by atoms with Crippen LogP contribution in [0, 0.1) is 0 Å². The van der Waals surface area contributed by atoms with Crippen LogP contribution in [0.1, 0.15) is 38.8 Å². The van der Waals surface area contributed by atoms with Gasteiger partial charge in [-0.15, -0.1) is 11.3 Å². The van der Waals surface area contributed by atoms with Gasteiger partial charge in [-0.25, -0.2) is 4.98 Å². The van der Waals surface area contributed by atoms with Crippen molar-refractivity contribution in [2.45, 2.75) is 25.2 Å². The van der Waals surface area contributed by atoms with Crippen LogP contribution in [0.2, 0.25) is 5.02 Å². The number of fused-ring (bicyclic) bond motifs is 2. The molecule has 2 aromatic carbocycles. The molecule has 1 aliphatic carbocycles. The summed E-state index contributed by atoms with van der Waals surface area (Å²) < 4.78 is 0. The molecule has 178 valence electrons. The first kappa shape index (κ1) is 22.4. The van der Waals surface area contributed by atoms with Crippen LogP contribution in [-0.2, 0) is 12.8 Å². The summed E-state index contributed by atoms with van der Waals surface area (Å²) in [5.74, 6) is 0.510. The van der Waals surface area contributed by atoms with Crippen LogP contribution < -0.4 is 10.6 Å². The fourth-order valence-electron chi connectivity index (χ4n) is 5.34. The van der Waals surface area contributed by atoms with E-state index in [-0.39, 0.29) is 5.91 Å². The van der Waals surface area contributed by atoms with Crippen molar-refractivity contribution >= 4 is 50.4 Å². The van der Waals surface area contributed by atoms with Crippen molar-refractivity contribution in [3.05, 3.63) is 87.4 Å². The summed E-state index contributed by atoms with van der Waals surface area (Å²) in [6, 6.07) is 20.8. The van der Waals surface area contributed by atoms with Crippen molar-refractivity contribution < 1.29 is 4.79 Å². The van der Waals surface area contributed by atoms with Crippen LogP contribution in [-0.4, -0.2) is 42.0 Å². The average Bonchev–Trinajstić information content (AvgIpc) is 3.22. The van der Waals surface area contributed by atoms with Crippen molar-refractivity contribution in [3.63, 3.8) is 0 Å². The molecule has 2 aliphatic rings. The number of anilines is 2. The molecule has 35 heavy (non-hydrogen) atoms. The Balaban J connectivity index is 1.21. The zero-order valence-corrected chi connectivity index (χ0v) is 21.0. The number of hydrogen-bond donors (Lipinski definition) is 1. The monoisotopic (exact) mass is 502 g/mol. The molecule has 6 rings (SSSR count). The molecule has 1 aliphatic heterocycles. The first-order valence-electron chi connectivity index (χ1n) is 12.1. The summed E-state index contributed by atoms with van der Waals surface area (Å²) in [4.78, 5) is 24.1. The molecule has 7 heteroatoms. The summed E-state index contributed by atoms with van der Waals surface area (Å²) in [6.07, 6.45) is 3.02. The molecule has 1 fully saturated rings. The van der Waals surface area contributed by atoms with Crippen molar-refractivity contribution in [2.24, 2.45) is 0 Å². The predicted molar refractivity (Wildman–Crippen MR) is 145 cm³/mol. The maximum atomic E-state index is 13.4. The van der Waals surface area contributed by atoms with Crippen LogP contribution >= 0.6 is 22.9 Å². The minimum atomic E-state index is 0.0105. The normalized spacial score (nSPS) is 18.0. The third kappa shape index (κ3) is 4.26. The number of nitrogens with two attached hydrogens (primary N) is 1. The van der Waals surface area contributed by atoms with Crippen molar-refractivity contribution in [1.82, 2.24) is 9.88 Å². The lowest BCUT2D eigenvalue weighted by molar-refractivity contribution is 0.0752. The molecule has 1 amide bonds. The highest BCUT2D eigenvalue weighted by molar-refractivity contribution is 7.21. The molecule has 1 atom stereocenters. The number of aromatic nitrogens is 1. The smallest absolute Gasteiger partial charge is 0.266 e. The number of aryl methyl sites for hydroxylation is 1. The lowest BCUT2D eigenvalue weighted by Gasteiger charge is -2.36. The number of amides is 1. The molecular weight excluding hydrogens is 476 g/mol. The first-order chi connectivity index (χ1) is 17.1. The fraction of sp³-hybridized carbons (Fsp3) is 0.286. The SMILES string of the molecule is Nc1c(C(=O)N2CCN(c3cccc(Cl)c3)CC2)sc2nc3c(cc12)CC(c1ccccc1)CC3. The van der Waals surface area contributed by atoms with Crippen LogP contribution in [0.15, 0.2) is 60.7 Å². The number of nitrogens with zero attached hydrogens (tertiary/aromatic N) is 3. The van der Waals surface area contributed by atoms with Gasteiger partial charge in [0.2, 0.25) is 0 Å². The highest BCUT2D eigenvalue weighted by atomic mass is 35.5. The molecule has 0 radical (unpaired) electrons. The van der Waals surface area contributed by atoms with Gasteiger partial charge < -0.3 is 15.5 Å². The van der Waals surface area contributed by atoms with Gasteiger partial charge in [0, 0.05) is 48.0 Å². The Morgan fingerprint density at radius 3 is 2.60 bits per heavy atom. The minimum Gasteiger partial charge on any atom is -0.397 e. The van der Waals surface area contributed by atoms with E-state index in [1.54, 1.807) is 0 Å². The Labute approximate surface area is 214 Å². The van der Waals surface area contributed by atoms with Gasteiger partial charge in [0.1, 0.15) is 9.71 Å². The van der Waals surface area contributed by atoms with Crippen LogP contribution in [0.5, 0.6) is 0 Å².